The van der Waals surface area contributed by atoms with Crippen molar-refractivity contribution in [1.82, 2.24) is 4.72 Å². The molecule has 3 aromatic carbocycles. The molecule has 0 unspecified atom stereocenters. The Labute approximate surface area is 201 Å². The van der Waals surface area contributed by atoms with E-state index in [4.69, 9.17) is 20.8 Å². The van der Waals surface area contributed by atoms with E-state index in [1.807, 2.05) is 37.3 Å². The number of halogens is 1. The summed E-state index contributed by atoms with van der Waals surface area (Å²) >= 11 is 6.36. The first kappa shape index (κ1) is 23.7. The third-order valence-electron chi connectivity index (χ3n) is 5.11. The summed E-state index contributed by atoms with van der Waals surface area (Å²) in [5.74, 6) is -0.938. The van der Waals surface area contributed by atoms with Gasteiger partial charge in [0, 0.05) is 17.5 Å². The van der Waals surface area contributed by atoms with Gasteiger partial charge in [0.1, 0.15) is 11.6 Å². The minimum atomic E-state index is -3.94. The molecule has 7 nitrogen and oxygen atoms in total. The van der Waals surface area contributed by atoms with Crippen LogP contribution in [0, 0.1) is 6.92 Å². The molecular weight excluding hydrogens is 478 g/mol. The molecule has 0 aliphatic carbocycles. The Kier molecular flexibility index (Phi) is 6.56. The van der Waals surface area contributed by atoms with Crippen molar-refractivity contribution in [2.24, 2.45) is 0 Å². The van der Waals surface area contributed by atoms with Crippen molar-refractivity contribution in [3.63, 3.8) is 0 Å². The van der Waals surface area contributed by atoms with E-state index < -0.39 is 27.7 Å². The lowest BCUT2D eigenvalue weighted by Gasteiger charge is -2.15. The molecule has 4 aromatic rings. The molecule has 0 fully saturated rings. The molecule has 1 heterocycles. The number of nitrogens with one attached hydrogen (secondary N) is 1. The van der Waals surface area contributed by atoms with Gasteiger partial charge >= 0.3 is 11.6 Å². The average Bonchev–Trinajstić information content (AvgIpc) is 2.80. The molecular formula is C25H20ClNO6S. The van der Waals surface area contributed by atoms with Crippen LogP contribution >= 0.6 is 11.6 Å². The maximum Gasteiger partial charge on any atom is 0.336 e. The summed E-state index contributed by atoms with van der Waals surface area (Å²) in [4.78, 5) is 24.8. The van der Waals surface area contributed by atoms with Crippen LogP contribution < -0.4 is 15.1 Å². The Morgan fingerprint density at radius 1 is 1.03 bits per heavy atom. The van der Waals surface area contributed by atoms with Crippen LogP contribution in [0.15, 0.2) is 86.9 Å². The van der Waals surface area contributed by atoms with Gasteiger partial charge in [0.15, 0.2) is 5.75 Å². The molecule has 0 saturated carbocycles. The number of sulfonamides is 1. The van der Waals surface area contributed by atoms with Gasteiger partial charge in [0.2, 0.25) is 10.0 Å². The fraction of sp³-hybridized carbons (Fsp3) is 0.120. The number of rotatable bonds is 6. The lowest BCUT2D eigenvalue weighted by atomic mass is 10.0. The second-order valence-electron chi connectivity index (χ2n) is 7.70. The highest BCUT2D eigenvalue weighted by Crippen LogP contribution is 2.35. The Morgan fingerprint density at radius 2 is 1.71 bits per heavy atom. The molecule has 0 spiro atoms. The van der Waals surface area contributed by atoms with E-state index in [1.54, 1.807) is 12.1 Å². The summed E-state index contributed by atoms with van der Waals surface area (Å²) in [6.45, 7) is 3.19. The Hall–Kier alpha value is -3.46. The highest BCUT2D eigenvalue weighted by atomic mass is 35.5. The third kappa shape index (κ3) is 5.04. The van der Waals surface area contributed by atoms with E-state index in [-0.39, 0.29) is 21.3 Å². The molecule has 1 N–H and O–H groups in total. The van der Waals surface area contributed by atoms with Gasteiger partial charge in [0.05, 0.1) is 9.92 Å². The Morgan fingerprint density at radius 3 is 2.38 bits per heavy atom. The number of aryl methyl sites for hydroxylation is 1. The Bertz CT molecular complexity index is 1530. The van der Waals surface area contributed by atoms with Crippen LogP contribution in [0.5, 0.6) is 5.75 Å². The molecule has 9 heteroatoms. The van der Waals surface area contributed by atoms with Crippen molar-refractivity contribution in [3.8, 4) is 16.9 Å². The zero-order chi connectivity index (χ0) is 24.5. The van der Waals surface area contributed by atoms with Gasteiger partial charge in [-0.05, 0) is 43.2 Å². The monoisotopic (exact) mass is 497 g/mol. The van der Waals surface area contributed by atoms with E-state index in [0.717, 1.165) is 11.1 Å². The smallest absolute Gasteiger partial charge is 0.336 e. The number of carbonyl (C=O) groups excluding carboxylic acids is 1. The number of carbonyl (C=O) groups is 1. The summed E-state index contributed by atoms with van der Waals surface area (Å²) in [7, 11) is -3.94. The summed E-state index contributed by atoms with van der Waals surface area (Å²) in [5.41, 5.74) is 1.90. The van der Waals surface area contributed by atoms with Crippen LogP contribution in [0.25, 0.3) is 22.1 Å². The van der Waals surface area contributed by atoms with Crippen molar-refractivity contribution in [3.05, 3.63) is 93.8 Å². The normalized spacial score (nSPS) is 12.4. The second-order valence-corrected chi connectivity index (χ2v) is 9.82. The SMILES string of the molecule is Cc1ccc(S(=O)(=O)N[C@H](C)C(=O)Oc2cc3oc(=O)cc(-c4ccccc4)c3cc2Cl)cc1. The highest BCUT2D eigenvalue weighted by Gasteiger charge is 2.24. The van der Waals surface area contributed by atoms with Crippen LogP contribution in [-0.2, 0) is 14.8 Å². The van der Waals surface area contributed by atoms with E-state index in [9.17, 15) is 18.0 Å². The van der Waals surface area contributed by atoms with Crippen LogP contribution in [0.4, 0.5) is 0 Å². The largest absolute Gasteiger partial charge is 0.424 e. The average molecular weight is 498 g/mol. The van der Waals surface area contributed by atoms with Crippen molar-refractivity contribution in [2.75, 3.05) is 0 Å². The molecule has 0 bridgehead atoms. The van der Waals surface area contributed by atoms with E-state index in [1.165, 1.54) is 37.3 Å². The minimum Gasteiger partial charge on any atom is -0.424 e. The van der Waals surface area contributed by atoms with Gasteiger partial charge < -0.3 is 9.15 Å². The number of esters is 1. The molecule has 0 aliphatic heterocycles. The number of hydrogen-bond acceptors (Lipinski definition) is 6. The predicted molar refractivity (Wildman–Crippen MR) is 130 cm³/mol. The van der Waals surface area contributed by atoms with Crippen molar-refractivity contribution in [2.45, 2.75) is 24.8 Å². The van der Waals surface area contributed by atoms with Crippen LogP contribution in [0.2, 0.25) is 5.02 Å². The molecule has 34 heavy (non-hydrogen) atoms. The number of ether oxygens (including phenoxy) is 1. The first-order chi connectivity index (χ1) is 16.1. The zero-order valence-electron chi connectivity index (χ0n) is 18.2. The standard InChI is InChI=1S/C25H20ClNO6S/c1-15-8-10-18(11-9-15)34(30,31)27-16(2)25(29)33-23-14-22-20(12-21(23)26)19(13-24(28)32-22)17-6-4-3-5-7-17/h3-14,16,27H,1-2H3/t16-/m1/s1. The number of benzene rings is 3. The third-order valence-corrected chi connectivity index (χ3v) is 6.96. The van der Waals surface area contributed by atoms with Crippen LogP contribution in [0.3, 0.4) is 0 Å². The molecule has 0 radical (unpaired) electrons. The van der Waals surface area contributed by atoms with Crippen LogP contribution in [-0.4, -0.2) is 20.4 Å². The first-order valence-electron chi connectivity index (χ1n) is 10.3. The summed E-state index contributed by atoms with van der Waals surface area (Å²) in [5, 5.41) is 0.657. The van der Waals surface area contributed by atoms with Gasteiger partial charge in [0.25, 0.3) is 0 Å². The summed E-state index contributed by atoms with van der Waals surface area (Å²) < 4.78 is 38.1. The Balaban J connectivity index is 1.60. The maximum atomic E-state index is 12.6. The quantitative estimate of drug-likeness (QED) is 0.235. The zero-order valence-corrected chi connectivity index (χ0v) is 19.8. The lowest BCUT2D eigenvalue weighted by molar-refractivity contribution is -0.135. The molecule has 0 saturated heterocycles. The molecule has 4 rings (SSSR count). The van der Waals surface area contributed by atoms with Gasteiger partial charge in [-0.2, -0.15) is 4.72 Å². The highest BCUT2D eigenvalue weighted by molar-refractivity contribution is 7.89. The van der Waals surface area contributed by atoms with Gasteiger partial charge in [-0.15, -0.1) is 0 Å². The molecule has 1 aromatic heterocycles. The molecule has 1 atom stereocenters. The van der Waals surface area contributed by atoms with Gasteiger partial charge in [-0.1, -0.05) is 59.6 Å². The lowest BCUT2D eigenvalue weighted by Crippen LogP contribution is -2.40. The van der Waals surface area contributed by atoms with Crippen LogP contribution in [0.1, 0.15) is 12.5 Å². The number of fused-ring (bicyclic) bond motifs is 1. The minimum absolute atomic E-state index is 0.0247. The van der Waals surface area contributed by atoms with Gasteiger partial charge in [-0.25, -0.2) is 18.0 Å². The van der Waals surface area contributed by atoms with Crippen molar-refractivity contribution in [1.29, 1.82) is 0 Å². The van der Waals surface area contributed by atoms with E-state index in [2.05, 4.69) is 4.72 Å². The maximum absolute atomic E-state index is 12.6. The topological polar surface area (TPSA) is 103 Å². The fourth-order valence-electron chi connectivity index (χ4n) is 3.36. The molecule has 174 valence electrons. The second kappa shape index (κ2) is 9.42. The fourth-order valence-corrected chi connectivity index (χ4v) is 4.76. The molecule has 0 aliphatic rings. The van der Waals surface area contributed by atoms with E-state index >= 15 is 0 Å². The van der Waals surface area contributed by atoms with Gasteiger partial charge in [-0.3, -0.25) is 0 Å². The predicted octanol–water partition coefficient (Wildman–Crippen LogP) is 4.69. The summed E-state index contributed by atoms with van der Waals surface area (Å²) in [6, 6.07) is 18.5. The summed E-state index contributed by atoms with van der Waals surface area (Å²) in [6.07, 6.45) is 0. The van der Waals surface area contributed by atoms with Crippen molar-refractivity contribution < 1.29 is 22.4 Å². The van der Waals surface area contributed by atoms with Crippen molar-refractivity contribution >= 4 is 38.6 Å². The number of hydrogen-bond donors (Lipinski definition) is 1. The van der Waals surface area contributed by atoms with E-state index in [0.29, 0.717) is 10.9 Å². The first-order valence-corrected chi connectivity index (χ1v) is 12.1. The molecule has 0 amide bonds.